The predicted molar refractivity (Wildman–Crippen MR) is 43.9 cm³/mol. The Bertz CT molecular complexity index is 101. The van der Waals surface area contributed by atoms with Crippen LogP contribution in [-0.4, -0.2) is 6.79 Å². The monoisotopic (exact) mass is 235 g/mol. The van der Waals surface area contributed by atoms with Crippen LogP contribution in [0.25, 0.3) is 0 Å². The molecule has 1 rings (SSSR count). The van der Waals surface area contributed by atoms with Crippen LogP contribution in [0.2, 0.25) is 0 Å². The summed E-state index contributed by atoms with van der Waals surface area (Å²) in [5, 5.41) is 0. The van der Waals surface area contributed by atoms with Gasteiger partial charge in [0.2, 0.25) is 0 Å². The SMILES string of the molecule is C1=CCCC=CCC1.C=O.[Co+2].[F-].[F-]. The summed E-state index contributed by atoms with van der Waals surface area (Å²) in [6.07, 6.45) is 14.0. The van der Waals surface area contributed by atoms with Gasteiger partial charge in [-0.15, -0.1) is 0 Å². The van der Waals surface area contributed by atoms with Crippen LogP contribution in [0.1, 0.15) is 25.7 Å². The maximum Gasteiger partial charge on any atom is 2.00 e. The van der Waals surface area contributed by atoms with Crippen molar-refractivity contribution in [3.63, 3.8) is 0 Å². The largest absolute Gasteiger partial charge is 2.00 e. The van der Waals surface area contributed by atoms with E-state index in [0.717, 1.165) is 0 Å². The Morgan fingerprint density at radius 1 is 0.692 bits per heavy atom. The fourth-order valence-corrected chi connectivity index (χ4v) is 0.856. The molecule has 1 radical (unpaired) electrons. The topological polar surface area (TPSA) is 17.1 Å². The van der Waals surface area contributed by atoms with Crippen molar-refractivity contribution < 1.29 is 31.0 Å². The summed E-state index contributed by atoms with van der Waals surface area (Å²) >= 11 is 0. The van der Waals surface area contributed by atoms with Crippen LogP contribution >= 0.6 is 0 Å². The molecule has 0 heterocycles. The van der Waals surface area contributed by atoms with Crippen LogP contribution in [0.4, 0.5) is 0 Å². The number of halogens is 2. The number of hydrogen-bond acceptors (Lipinski definition) is 1. The van der Waals surface area contributed by atoms with E-state index in [9.17, 15) is 0 Å². The Morgan fingerprint density at radius 2 is 0.846 bits per heavy atom. The molecule has 79 valence electrons. The second kappa shape index (κ2) is 22.5. The summed E-state index contributed by atoms with van der Waals surface area (Å²) in [7, 11) is 0. The molecule has 0 aromatic carbocycles. The van der Waals surface area contributed by atoms with E-state index in [1.807, 2.05) is 6.79 Å². The molecule has 0 amide bonds. The van der Waals surface area contributed by atoms with Crippen LogP contribution in [0.3, 0.4) is 0 Å². The first-order valence-corrected chi connectivity index (χ1v) is 3.59. The molecule has 0 atom stereocenters. The van der Waals surface area contributed by atoms with Gasteiger partial charge in [0.25, 0.3) is 0 Å². The molecule has 0 unspecified atom stereocenters. The van der Waals surface area contributed by atoms with E-state index < -0.39 is 0 Å². The van der Waals surface area contributed by atoms with Crippen LogP contribution < -0.4 is 9.41 Å². The van der Waals surface area contributed by atoms with Crippen LogP contribution in [-0.2, 0) is 21.6 Å². The molecule has 0 aliphatic heterocycles. The molecule has 1 aliphatic rings. The minimum atomic E-state index is 0. The molecule has 0 fully saturated rings. The summed E-state index contributed by atoms with van der Waals surface area (Å²) in [6, 6.07) is 0. The Labute approximate surface area is 88.2 Å². The molecule has 0 saturated carbocycles. The van der Waals surface area contributed by atoms with Gasteiger partial charge < -0.3 is 14.2 Å². The summed E-state index contributed by atoms with van der Waals surface area (Å²) in [5.41, 5.74) is 0. The maximum atomic E-state index is 8.00. The van der Waals surface area contributed by atoms with Gasteiger partial charge >= 0.3 is 16.8 Å². The molecule has 0 aromatic rings. The average molecular weight is 235 g/mol. The second-order valence-corrected chi connectivity index (χ2v) is 2.10. The van der Waals surface area contributed by atoms with Gasteiger partial charge in [-0.2, -0.15) is 0 Å². The standard InChI is InChI=1S/C8H12.CH2O.Co.2FH/c1-2-4-6-8-7-5-3-1;1-2;;;/h1-2,7-8H,3-6H2;1H2;;2*1H/q;;+2;;/p-2. The third-order valence-corrected chi connectivity index (χ3v) is 1.33. The normalized spacial score (nSPS) is 12.6. The molecule has 0 spiro atoms. The van der Waals surface area contributed by atoms with E-state index in [1.54, 1.807) is 0 Å². The van der Waals surface area contributed by atoms with Gasteiger partial charge in [0.05, 0.1) is 0 Å². The smallest absolute Gasteiger partial charge is 1.00 e. The van der Waals surface area contributed by atoms with Crippen molar-refractivity contribution in [2.24, 2.45) is 0 Å². The average Bonchev–Trinajstić information content (AvgIpc) is 1.90. The summed E-state index contributed by atoms with van der Waals surface area (Å²) in [5.74, 6) is 0. The summed E-state index contributed by atoms with van der Waals surface area (Å²) in [4.78, 5) is 8.00. The van der Waals surface area contributed by atoms with Gasteiger partial charge in [-0.3, -0.25) is 0 Å². The van der Waals surface area contributed by atoms with Crippen molar-refractivity contribution >= 4 is 6.79 Å². The Balaban J connectivity index is -0.0000000761. The third-order valence-electron chi connectivity index (χ3n) is 1.33. The Morgan fingerprint density at radius 3 is 1.00 bits per heavy atom. The van der Waals surface area contributed by atoms with Crippen LogP contribution in [0, 0.1) is 0 Å². The van der Waals surface area contributed by atoms with E-state index >= 15 is 0 Å². The molecule has 0 N–H and O–H groups in total. The number of hydrogen-bond donors (Lipinski definition) is 0. The zero-order chi connectivity index (χ0) is 7.66. The predicted octanol–water partition coefficient (Wildman–Crippen LogP) is -3.51. The minimum absolute atomic E-state index is 0. The van der Waals surface area contributed by atoms with Gasteiger partial charge in [-0.1, -0.05) is 24.3 Å². The van der Waals surface area contributed by atoms with Crippen molar-refractivity contribution in [3.8, 4) is 0 Å². The number of carbonyl (C=O) groups excluding carboxylic acids is 1. The molecule has 0 bridgehead atoms. The second-order valence-electron chi connectivity index (χ2n) is 2.10. The van der Waals surface area contributed by atoms with E-state index in [-0.39, 0.29) is 26.2 Å². The third kappa shape index (κ3) is 18.5. The summed E-state index contributed by atoms with van der Waals surface area (Å²) < 4.78 is 0. The van der Waals surface area contributed by atoms with Gasteiger partial charge in [0.15, 0.2) is 0 Å². The van der Waals surface area contributed by atoms with E-state index in [2.05, 4.69) is 24.3 Å². The maximum absolute atomic E-state index is 8.00. The van der Waals surface area contributed by atoms with E-state index in [1.165, 1.54) is 25.7 Å². The van der Waals surface area contributed by atoms with Crippen molar-refractivity contribution in [1.82, 2.24) is 0 Å². The van der Waals surface area contributed by atoms with Crippen molar-refractivity contribution in [3.05, 3.63) is 24.3 Å². The molecule has 13 heavy (non-hydrogen) atoms. The fraction of sp³-hybridized carbons (Fsp3) is 0.444. The van der Waals surface area contributed by atoms with Gasteiger partial charge in [-0.05, 0) is 25.7 Å². The molecule has 0 aromatic heterocycles. The summed E-state index contributed by atoms with van der Waals surface area (Å²) in [6.45, 7) is 2.00. The van der Waals surface area contributed by atoms with E-state index in [4.69, 9.17) is 4.79 Å². The first-order valence-electron chi connectivity index (χ1n) is 3.59. The molecule has 0 saturated heterocycles. The van der Waals surface area contributed by atoms with Crippen molar-refractivity contribution in [2.45, 2.75) is 25.7 Å². The molecule has 1 aliphatic carbocycles. The van der Waals surface area contributed by atoms with Gasteiger partial charge in [0.1, 0.15) is 6.79 Å². The number of carbonyl (C=O) groups is 1. The zero-order valence-electron chi connectivity index (χ0n) is 7.34. The molecule has 4 heteroatoms. The van der Waals surface area contributed by atoms with Gasteiger partial charge in [0, 0.05) is 0 Å². The number of rotatable bonds is 0. The van der Waals surface area contributed by atoms with E-state index in [0.29, 0.717) is 0 Å². The van der Waals surface area contributed by atoms with Gasteiger partial charge in [-0.25, -0.2) is 0 Å². The number of allylic oxidation sites excluding steroid dienone is 4. The molecule has 1 nitrogen and oxygen atoms in total. The first-order chi connectivity index (χ1) is 5.00. The zero-order valence-corrected chi connectivity index (χ0v) is 8.38. The Kier molecular flexibility index (Phi) is 39.7. The minimum Gasteiger partial charge on any atom is -1.00 e. The quantitative estimate of drug-likeness (QED) is 0.398. The molecular weight excluding hydrogens is 221 g/mol. The van der Waals surface area contributed by atoms with Crippen molar-refractivity contribution in [2.75, 3.05) is 0 Å². The van der Waals surface area contributed by atoms with Crippen LogP contribution in [0.5, 0.6) is 0 Å². The fourth-order valence-electron chi connectivity index (χ4n) is 0.856. The first kappa shape index (κ1) is 22.9. The van der Waals surface area contributed by atoms with Crippen molar-refractivity contribution in [1.29, 1.82) is 0 Å². The molecular formula is C9H14CoF2O. The Hall–Kier alpha value is -0.484. The van der Waals surface area contributed by atoms with Crippen LogP contribution in [0.15, 0.2) is 24.3 Å².